The van der Waals surface area contributed by atoms with E-state index < -0.39 is 15.9 Å². The minimum absolute atomic E-state index is 0.00707. The van der Waals surface area contributed by atoms with E-state index in [4.69, 9.17) is 6.42 Å². The highest BCUT2D eigenvalue weighted by Crippen LogP contribution is 2.21. The van der Waals surface area contributed by atoms with Crippen LogP contribution in [-0.4, -0.2) is 33.3 Å². The lowest BCUT2D eigenvalue weighted by Gasteiger charge is -2.13. The molecular formula is C21H23N3O4S. The molecule has 152 valence electrons. The molecular weight excluding hydrogens is 390 g/mol. The molecule has 0 saturated heterocycles. The lowest BCUT2D eigenvalue weighted by molar-refractivity contribution is -0.115. The number of hydrogen-bond acceptors (Lipinski definition) is 4. The molecule has 0 heterocycles. The quantitative estimate of drug-likeness (QED) is 0.603. The number of carbonyl (C=O) groups is 2. The Labute approximate surface area is 171 Å². The van der Waals surface area contributed by atoms with E-state index in [-0.39, 0.29) is 29.5 Å². The molecule has 0 radical (unpaired) electrons. The third-order valence-corrected chi connectivity index (χ3v) is 5.56. The molecule has 29 heavy (non-hydrogen) atoms. The Morgan fingerprint density at radius 1 is 1.03 bits per heavy atom. The Hall–Kier alpha value is -3.15. The fourth-order valence-corrected chi connectivity index (χ4v) is 3.76. The molecule has 3 N–H and O–H groups in total. The molecule has 0 aliphatic rings. The summed E-state index contributed by atoms with van der Waals surface area (Å²) in [4.78, 5) is 24.4. The standard InChI is InChI=1S/C21H23N3O4S/c1-5-10-23-29(27,28)18-8-6-17(7-9-18)21(26)22-13-19(25)24-20-15(3)11-14(2)12-16(20)4/h1,6-9,11-12,23H,10,13H2,2-4H3,(H,22,26)(H,24,25). The lowest BCUT2D eigenvalue weighted by atomic mass is 10.1. The van der Waals surface area contributed by atoms with Gasteiger partial charge in [-0.3, -0.25) is 9.59 Å². The van der Waals surface area contributed by atoms with Gasteiger partial charge in [-0.15, -0.1) is 6.42 Å². The maximum Gasteiger partial charge on any atom is 0.251 e. The van der Waals surface area contributed by atoms with Crippen LogP contribution in [0.25, 0.3) is 0 Å². The molecule has 2 aromatic carbocycles. The Morgan fingerprint density at radius 2 is 1.62 bits per heavy atom. The number of hydrogen-bond donors (Lipinski definition) is 3. The number of benzene rings is 2. The number of anilines is 1. The van der Waals surface area contributed by atoms with E-state index in [2.05, 4.69) is 21.3 Å². The monoisotopic (exact) mass is 413 g/mol. The van der Waals surface area contributed by atoms with Gasteiger partial charge in [-0.1, -0.05) is 23.6 Å². The summed E-state index contributed by atoms with van der Waals surface area (Å²) in [6.07, 6.45) is 5.04. The number of terminal acetylenes is 1. The lowest BCUT2D eigenvalue weighted by Crippen LogP contribution is -2.33. The normalized spacial score (nSPS) is 10.8. The first-order valence-corrected chi connectivity index (χ1v) is 10.3. The maximum absolute atomic E-state index is 12.2. The topological polar surface area (TPSA) is 104 Å². The Kier molecular flexibility index (Phi) is 7.15. The predicted molar refractivity (Wildman–Crippen MR) is 112 cm³/mol. The third kappa shape index (κ3) is 5.91. The van der Waals surface area contributed by atoms with Crippen LogP contribution in [-0.2, 0) is 14.8 Å². The van der Waals surface area contributed by atoms with Crippen LogP contribution >= 0.6 is 0 Å². The van der Waals surface area contributed by atoms with Gasteiger partial charge in [-0.2, -0.15) is 4.72 Å². The average Bonchev–Trinajstić information content (AvgIpc) is 2.67. The van der Waals surface area contributed by atoms with Gasteiger partial charge >= 0.3 is 0 Å². The molecule has 0 aliphatic heterocycles. The van der Waals surface area contributed by atoms with E-state index in [0.717, 1.165) is 22.4 Å². The number of nitrogens with one attached hydrogen (secondary N) is 3. The van der Waals surface area contributed by atoms with Crippen molar-refractivity contribution >= 4 is 27.5 Å². The molecule has 0 aliphatic carbocycles. The number of rotatable bonds is 7. The van der Waals surface area contributed by atoms with E-state index in [1.807, 2.05) is 32.9 Å². The summed E-state index contributed by atoms with van der Waals surface area (Å²) in [5.41, 5.74) is 3.95. The summed E-state index contributed by atoms with van der Waals surface area (Å²) in [6, 6.07) is 9.27. The Bertz CT molecular complexity index is 1050. The fourth-order valence-electron chi connectivity index (χ4n) is 2.83. The Balaban J connectivity index is 1.97. The zero-order valence-corrected chi connectivity index (χ0v) is 17.3. The van der Waals surface area contributed by atoms with E-state index >= 15 is 0 Å². The highest BCUT2D eigenvalue weighted by Gasteiger charge is 2.15. The van der Waals surface area contributed by atoms with Gasteiger partial charge in [0.15, 0.2) is 0 Å². The number of carbonyl (C=O) groups excluding carboxylic acids is 2. The molecule has 2 amide bonds. The summed E-state index contributed by atoms with van der Waals surface area (Å²) in [5.74, 6) is 1.34. The SMILES string of the molecule is C#CCNS(=O)(=O)c1ccc(C(=O)NCC(=O)Nc2c(C)cc(C)cc2C)cc1. The van der Waals surface area contributed by atoms with Gasteiger partial charge in [0.25, 0.3) is 5.91 Å². The minimum atomic E-state index is -3.72. The molecule has 0 spiro atoms. The second kappa shape index (κ2) is 9.37. The second-order valence-electron chi connectivity index (χ2n) is 6.56. The van der Waals surface area contributed by atoms with Crippen LogP contribution in [0, 0.1) is 33.1 Å². The Morgan fingerprint density at radius 3 is 2.17 bits per heavy atom. The van der Waals surface area contributed by atoms with Crippen molar-refractivity contribution in [2.24, 2.45) is 0 Å². The molecule has 7 nitrogen and oxygen atoms in total. The van der Waals surface area contributed by atoms with Crippen molar-refractivity contribution in [3.8, 4) is 12.3 Å². The molecule has 0 bridgehead atoms. The summed E-state index contributed by atoms with van der Waals surface area (Å²) < 4.78 is 26.2. The van der Waals surface area contributed by atoms with E-state index in [0.29, 0.717) is 0 Å². The van der Waals surface area contributed by atoms with Crippen LogP contribution in [0.4, 0.5) is 5.69 Å². The zero-order valence-electron chi connectivity index (χ0n) is 16.5. The van der Waals surface area contributed by atoms with E-state index in [1.54, 1.807) is 0 Å². The zero-order chi connectivity index (χ0) is 21.6. The van der Waals surface area contributed by atoms with Crippen LogP contribution in [0.3, 0.4) is 0 Å². The molecule has 0 unspecified atom stereocenters. The molecule has 0 aromatic heterocycles. The van der Waals surface area contributed by atoms with Crippen molar-refractivity contribution in [1.82, 2.24) is 10.0 Å². The molecule has 0 atom stereocenters. The molecule has 0 fully saturated rings. The minimum Gasteiger partial charge on any atom is -0.343 e. The maximum atomic E-state index is 12.2. The van der Waals surface area contributed by atoms with Crippen LogP contribution < -0.4 is 15.4 Å². The predicted octanol–water partition coefficient (Wildman–Crippen LogP) is 1.89. The average molecular weight is 413 g/mol. The van der Waals surface area contributed by atoms with Gasteiger partial charge in [0.1, 0.15) is 0 Å². The number of amides is 2. The van der Waals surface area contributed by atoms with Crippen molar-refractivity contribution < 1.29 is 18.0 Å². The van der Waals surface area contributed by atoms with Gasteiger partial charge in [0, 0.05) is 11.3 Å². The molecule has 8 heteroatoms. The van der Waals surface area contributed by atoms with Crippen molar-refractivity contribution in [3.05, 3.63) is 58.7 Å². The van der Waals surface area contributed by atoms with Crippen molar-refractivity contribution in [1.29, 1.82) is 0 Å². The van der Waals surface area contributed by atoms with Crippen LogP contribution in [0.5, 0.6) is 0 Å². The van der Waals surface area contributed by atoms with Crippen molar-refractivity contribution in [3.63, 3.8) is 0 Å². The van der Waals surface area contributed by atoms with Crippen LogP contribution in [0.15, 0.2) is 41.3 Å². The highest BCUT2D eigenvalue weighted by molar-refractivity contribution is 7.89. The first-order valence-electron chi connectivity index (χ1n) is 8.83. The first-order chi connectivity index (χ1) is 13.6. The first kappa shape index (κ1) is 22.1. The highest BCUT2D eigenvalue weighted by atomic mass is 32.2. The van der Waals surface area contributed by atoms with Gasteiger partial charge in [-0.25, -0.2) is 8.42 Å². The molecule has 2 rings (SSSR count). The van der Waals surface area contributed by atoms with Crippen LogP contribution in [0.2, 0.25) is 0 Å². The second-order valence-corrected chi connectivity index (χ2v) is 8.32. The van der Waals surface area contributed by atoms with Crippen molar-refractivity contribution in [2.45, 2.75) is 25.7 Å². The largest absolute Gasteiger partial charge is 0.343 e. The summed E-state index contributed by atoms with van der Waals surface area (Å²) in [6.45, 7) is 5.45. The van der Waals surface area contributed by atoms with Gasteiger partial charge < -0.3 is 10.6 Å². The van der Waals surface area contributed by atoms with Crippen LogP contribution in [0.1, 0.15) is 27.0 Å². The van der Waals surface area contributed by atoms with E-state index in [9.17, 15) is 18.0 Å². The van der Waals surface area contributed by atoms with Gasteiger partial charge in [0.05, 0.1) is 18.0 Å². The van der Waals surface area contributed by atoms with Gasteiger partial charge in [-0.05, 0) is 56.2 Å². The number of aryl methyl sites for hydroxylation is 3. The fraction of sp³-hybridized carbons (Fsp3) is 0.238. The summed E-state index contributed by atoms with van der Waals surface area (Å²) >= 11 is 0. The number of sulfonamides is 1. The summed E-state index contributed by atoms with van der Waals surface area (Å²) in [5, 5.41) is 5.32. The van der Waals surface area contributed by atoms with Crippen molar-refractivity contribution in [2.75, 3.05) is 18.4 Å². The van der Waals surface area contributed by atoms with Gasteiger partial charge in [0.2, 0.25) is 15.9 Å². The summed E-state index contributed by atoms with van der Waals surface area (Å²) in [7, 11) is -3.72. The van der Waals surface area contributed by atoms with E-state index in [1.165, 1.54) is 24.3 Å². The molecule has 2 aromatic rings. The third-order valence-electron chi connectivity index (χ3n) is 4.14. The molecule has 0 saturated carbocycles. The smallest absolute Gasteiger partial charge is 0.251 e.